The molecule has 0 aromatic heterocycles. The molecule has 246 valence electrons. The summed E-state index contributed by atoms with van der Waals surface area (Å²) in [5.74, 6) is -0.946. The lowest BCUT2D eigenvalue weighted by molar-refractivity contribution is -0.128. The van der Waals surface area contributed by atoms with Crippen LogP contribution in [0.1, 0.15) is 50.3 Å². The number of nitrogens with zero attached hydrogens (tertiary/aromatic N) is 1. The second-order valence-corrected chi connectivity index (χ2v) is 12.3. The first-order valence-corrected chi connectivity index (χ1v) is 15.6. The van der Waals surface area contributed by atoms with Crippen LogP contribution in [0.15, 0.2) is 66.7 Å². The van der Waals surface area contributed by atoms with Crippen LogP contribution in [0, 0.1) is 5.82 Å². The Morgan fingerprint density at radius 3 is 2.52 bits per heavy atom. The Labute approximate surface area is 269 Å². The van der Waals surface area contributed by atoms with E-state index in [1.807, 2.05) is 62.4 Å². The van der Waals surface area contributed by atoms with E-state index >= 15 is 0 Å². The summed E-state index contributed by atoms with van der Waals surface area (Å²) in [7, 11) is 0. The topological polar surface area (TPSA) is 143 Å². The van der Waals surface area contributed by atoms with Gasteiger partial charge in [0.05, 0.1) is 19.3 Å². The molecule has 0 aliphatic carbocycles. The number of carbonyl (C=O) groups excluding carboxylic acids is 3. The number of anilines is 1. The zero-order valence-electron chi connectivity index (χ0n) is 26.6. The highest BCUT2D eigenvalue weighted by Gasteiger charge is 2.33. The Morgan fingerprint density at radius 1 is 1.07 bits per heavy atom. The van der Waals surface area contributed by atoms with E-state index in [1.54, 1.807) is 17.9 Å². The molecular weight excluding hydrogens is 589 g/mol. The van der Waals surface area contributed by atoms with Crippen molar-refractivity contribution in [1.29, 1.82) is 0 Å². The zero-order chi connectivity index (χ0) is 33.3. The Balaban J connectivity index is 1.51. The number of hydrogen-bond donors (Lipinski definition) is 6. The number of aliphatic hydroxyl groups excluding tert-OH is 2. The average molecular weight is 634 g/mol. The lowest BCUT2D eigenvalue weighted by atomic mass is 9.98. The fourth-order valence-corrected chi connectivity index (χ4v) is 5.51. The number of carbonyl (C=O) groups is 3. The standard InChI is InChI=1S/C35H44FN5O5/c1-23(43)20-39-35(2,3)19-32(44)40-30-14-12-26-18-28(36)13-15-31(26)41(33(30)45)22-24-8-10-25(11-9-24)29-7-5-4-6-27(29)21-38-34(46)37-16-17-42/h4-11,13,15,18,23,30,39,42-43H,12,14,16-17,19-22H2,1-3H3,(H,40,44)(H2,37,38,46)/t23-,30-/m1/s1. The second kappa shape index (κ2) is 15.8. The van der Waals surface area contributed by atoms with Gasteiger partial charge in [0.2, 0.25) is 11.8 Å². The third-order valence-electron chi connectivity index (χ3n) is 7.87. The van der Waals surface area contributed by atoms with E-state index in [0.717, 1.165) is 22.3 Å². The van der Waals surface area contributed by atoms with Gasteiger partial charge in [-0.2, -0.15) is 0 Å². The lowest BCUT2D eigenvalue weighted by Gasteiger charge is -2.29. The van der Waals surface area contributed by atoms with Crippen LogP contribution in [0.2, 0.25) is 0 Å². The van der Waals surface area contributed by atoms with Gasteiger partial charge in [0.25, 0.3) is 0 Å². The van der Waals surface area contributed by atoms with Crippen LogP contribution in [0.5, 0.6) is 0 Å². The summed E-state index contributed by atoms with van der Waals surface area (Å²) in [5.41, 5.74) is 4.35. The fraction of sp³-hybridized carbons (Fsp3) is 0.400. The average Bonchev–Trinajstić information content (AvgIpc) is 3.14. The zero-order valence-corrected chi connectivity index (χ0v) is 26.6. The number of hydrogen-bond acceptors (Lipinski definition) is 6. The highest BCUT2D eigenvalue weighted by atomic mass is 19.1. The van der Waals surface area contributed by atoms with Crippen molar-refractivity contribution >= 4 is 23.5 Å². The summed E-state index contributed by atoms with van der Waals surface area (Å²) in [6, 6.07) is 18.7. The number of aliphatic hydroxyl groups is 2. The number of urea groups is 1. The maximum atomic E-state index is 14.3. The molecule has 10 nitrogen and oxygen atoms in total. The van der Waals surface area contributed by atoms with Crippen molar-refractivity contribution in [2.75, 3.05) is 24.6 Å². The van der Waals surface area contributed by atoms with Crippen LogP contribution < -0.4 is 26.2 Å². The Kier molecular flexibility index (Phi) is 11.9. The first-order valence-electron chi connectivity index (χ1n) is 15.6. The van der Waals surface area contributed by atoms with Gasteiger partial charge in [0, 0.05) is 37.3 Å². The molecule has 2 atom stereocenters. The third kappa shape index (κ3) is 9.59. The van der Waals surface area contributed by atoms with E-state index in [-0.39, 0.29) is 49.8 Å². The van der Waals surface area contributed by atoms with Crippen LogP contribution >= 0.6 is 0 Å². The van der Waals surface area contributed by atoms with E-state index in [1.165, 1.54) is 12.1 Å². The van der Waals surface area contributed by atoms with Crippen LogP contribution in [0.25, 0.3) is 11.1 Å². The summed E-state index contributed by atoms with van der Waals surface area (Å²) >= 11 is 0. The maximum Gasteiger partial charge on any atom is 0.315 e. The molecule has 46 heavy (non-hydrogen) atoms. The normalized spacial score (nSPS) is 15.5. The predicted octanol–water partition coefficient (Wildman–Crippen LogP) is 3.39. The smallest absolute Gasteiger partial charge is 0.315 e. The van der Waals surface area contributed by atoms with Crippen LogP contribution in [0.4, 0.5) is 14.9 Å². The quantitative estimate of drug-likeness (QED) is 0.170. The predicted molar refractivity (Wildman–Crippen MR) is 175 cm³/mol. The molecule has 0 unspecified atom stereocenters. The minimum atomic E-state index is -0.788. The largest absolute Gasteiger partial charge is 0.395 e. The Morgan fingerprint density at radius 2 is 1.80 bits per heavy atom. The summed E-state index contributed by atoms with van der Waals surface area (Å²) in [5, 5.41) is 30.0. The summed E-state index contributed by atoms with van der Waals surface area (Å²) in [6.07, 6.45) is 0.304. The van der Waals surface area contributed by atoms with Gasteiger partial charge >= 0.3 is 6.03 Å². The van der Waals surface area contributed by atoms with Crippen LogP contribution in [-0.4, -0.2) is 65.4 Å². The molecule has 0 saturated heterocycles. The third-order valence-corrected chi connectivity index (χ3v) is 7.87. The first-order chi connectivity index (χ1) is 22.0. The van der Waals surface area contributed by atoms with Crippen molar-refractivity contribution in [3.8, 4) is 11.1 Å². The highest BCUT2D eigenvalue weighted by molar-refractivity contribution is 6.00. The molecule has 0 spiro atoms. The Bertz CT molecular complexity index is 1510. The van der Waals surface area contributed by atoms with Crippen molar-refractivity contribution in [1.82, 2.24) is 21.3 Å². The number of amides is 4. The number of β-amino-alcohol motifs (C(OH)–C–C–N with tert-alkyl or cyclic N) is 1. The molecule has 1 aliphatic rings. The van der Waals surface area contributed by atoms with Crippen molar-refractivity contribution < 1.29 is 29.0 Å². The summed E-state index contributed by atoms with van der Waals surface area (Å²) < 4.78 is 14.3. The van der Waals surface area contributed by atoms with Gasteiger partial charge in [-0.25, -0.2) is 9.18 Å². The molecule has 3 aromatic carbocycles. The highest BCUT2D eigenvalue weighted by Crippen LogP contribution is 2.31. The van der Waals surface area contributed by atoms with Crippen molar-refractivity contribution in [2.24, 2.45) is 0 Å². The summed E-state index contributed by atoms with van der Waals surface area (Å²) in [4.78, 5) is 40.6. The molecule has 3 aromatic rings. The van der Waals surface area contributed by atoms with Gasteiger partial charge in [0.1, 0.15) is 11.9 Å². The number of nitrogens with one attached hydrogen (secondary N) is 4. The van der Waals surface area contributed by atoms with E-state index in [9.17, 15) is 23.9 Å². The molecule has 0 radical (unpaired) electrons. The van der Waals surface area contributed by atoms with Gasteiger partial charge < -0.3 is 36.4 Å². The van der Waals surface area contributed by atoms with E-state index in [4.69, 9.17) is 5.11 Å². The van der Waals surface area contributed by atoms with E-state index in [0.29, 0.717) is 37.2 Å². The van der Waals surface area contributed by atoms with Gasteiger partial charge in [0.15, 0.2) is 0 Å². The maximum absolute atomic E-state index is 14.3. The Hall–Kier alpha value is -4.32. The minimum Gasteiger partial charge on any atom is -0.395 e. The summed E-state index contributed by atoms with van der Waals surface area (Å²) in [6.45, 7) is 6.27. The van der Waals surface area contributed by atoms with E-state index in [2.05, 4.69) is 21.3 Å². The molecule has 0 bridgehead atoms. The number of benzene rings is 3. The molecular formula is C35H44FN5O5. The number of fused-ring (bicyclic) bond motifs is 1. The van der Waals surface area contributed by atoms with Crippen molar-refractivity contribution in [3.05, 3.63) is 89.2 Å². The SMILES string of the molecule is C[C@@H](O)CNC(C)(C)CC(=O)N[C@@H]1CCc2cc(F)ccc2N(Cc2ccc(-c3ccccc3CNC(=O)NCCO)cc2)C1=O. The van der Waals surface area contributed by atoms with Crippen LogP contribution in [0.3, 0.4) is 0 Å². The van der Waals surface area contributed by atoms with Gasteiger partial charge in [-0.1, -0.05) is 48.5 Å². The van der Waals surface area contributed by atoms with Gasteiger partial charge in [-0.3, -0.25) is 9.59 Å². The first kappa shape index (κ1) is 34.6. The second-order valence-electron chi connectivity index (χ2n) is 12.3. The molecule has 4 amide bonds. The molecule has 4 rings (SSSR count). The lowest BCUT2D eigenvalue weighted by Crippen LogP contribution is -2.51. The number of halogens is 1. The molecule has 0 saturated carbocycles. The van der Waals surface area contributed by atoms with Gasteiger partial charge in [-0.05, 0) is 79.6 Å². The van der Waals surface area contributed by atoms with Crippen molar-refractivity contribution in [3.63, 3.8) is 0 Å². The molecule has 1 aliphatic heterocycles. The molecule has 11 heteroatoms. The minimum absolute atomic E-state index is 0.108. The van der Waals surface area contributed by atoms with E-state index < -0.39 is 17.7 Å². The number of rotatable bonds is 13. The van der Waals surface area contributed by atoms with Crippen molar-refractivity contribution in [2.45, 2.75) is 70.8 Å². The fourth-order valence-electron chi connectivity index (χ4n) is 5.51. The van der Waals surface area contributed by atoms with Gasteiger partial charge in [-0.15, -0.1) is 0 Å². The molecule has 6 N–H and O–H groups in total. The van der Waals surface area contributed by atoms with Crippen LogP contribution in [-0.2, 0) is 29.1 Å². The molecule has 1 heterocycles. The monoisotopic (exact) mass is 633 g/mol. The number of aryl methyl sites for hydroxylation is 1. The molecule has 0 fully saturated rings.